The first kappa shape index (κ1) is 11.2. The summed E-state index contributed by atoms with van der Waals surface area (Å²) in [4.78, 5) is 0. The Kier molecular flexibility index (Phi) is 3.28. The van der Waals surface area contributed by atoms with Gasteiger partial charge in [0.05, 0.1) is 12.2 Å². The van der Waals surface area contributed by atoms with Crippen LogP contribution >= 0.6 is 0 Å². The van der Waals surface area contributed by atoms with Crippen LogP contribution in [0.3, 0.4) is 0 Å². The summed E-state index contributed by atoms with van der Waals surface area (Å²) >= 11 is 0. The summed E-state index contributed by atoms with van der Waals surface area (Å²) in [5, 5.41) is 4.43. The fraction of sp³-hybridized carbons (Fsp3) is 0.500. The third-order valence-electron chi connectivity index (χ3n) is 3.06. The minimum Gasteiger partial charge on any atom is -0.269 e. The van der Waals surface area contributed by atoms with Crippen LogP contribution in [0.25, 0.3) is 5.57 Å². The van der Waals surface area contributed by atoms with Gasteiger partial charge in [-0.25, -0.2) is 0 Å². The second kappa shape index (κ2) is 4.69. The van der Waals surface area contributed by atoms with Crippen LogP contribution in [-0.4, -0.2) is 9.78 Å². The van der Waals surface area contributed by atoms with Crippen LogP contribution in [0.4, 0.5) is 0 Å². The molecule has 0 bridgehead atoms. The van der Waals surface area contributed by atoms with Crippen LogP contribution in [0.2, 0.25) is 0 Å². The average Bonchev–Trinajstić information content (AvgIpc) is 2.99. The highest BCUT2D eigenvalue weighted by Crippen LogP contribution is 2.35. The van der Waals surface area contributed by atoms with Gasteiger partial charge in [-0.05, 0) is 45.1 Å². The molecule has 1 aromatic rings. The largest absolute Gasteiger partial charge is 0.269 e. The second-order valence-electron chi connectivity index (χ2n) is 4.71. The standard InChI is InChI=1S/C14H20N2/c1-4-12(6-5-11(2)3)13-9-15-16(10-13)14-7-8-14/h4,9-10,14H,2,5-8H2,1,3H3/b12-4+. The summed E-state index contributed by atoms with van der Waals surface area (Å²) in [6.07, 6.45) is 11.1. The van der Waals surface area contributed by atoms with Crippen LogP contribution in [-0.2, 0) is 0 Å². The summed E-state index contributed by atoms with van der Waals surface area (Å²) in [6, 6.07) is 0.674. The molecule has 0 aliphatic heterocycles. The number of hydrogen-bond acceptors (Lipinski definition) is 1. The molecule has 0 unspecified atom stereocenters. The van der Waals surface area contributed by atoms with Gasteiger partial charge in [0.2, 0.25) is 0 Å². The Bertz CT molecular complexity index is 408. The van der Waals surface area contributed by atoms with Crippen molar-refractivity contribution in [1.82, 2.24) is 9.78 Å². The number of hydrogen-bond donors (Lipinski definition) is 0. The Balaban J connectivity index is 2.04. The maximum atomic E-state index is 4.43. The average molecular weight is 216 g/mol. The molecule has 1 aromatic heterocycles. The fourth-order valence-corrected chi connectivity index (χ4v) is 1.85. The van der Waals surface area contributed by atoms with E-state index in [2.05, 4.69) is 42.5 Å². The molecule has 0 saturated heterocycles. The van der Waals surface area contributed by atoms with Crippen LogP contribution in [0.5, 0.6) is 0 Å². The monoisotopic (exact) mass is 216 g/mol. The molecule has 1 fully saturated rings. The van der Waals surface area contributed by atoms with Crippen molar-refractivity contribution in [2.75, 3.05) is 0 Å². The first-order chi connectivity index (χ1) is 7.70. The van der Waals surface area contributed by atoms with E-state index in [1.54, 1.807) is 0 Å². The Morgan fingerprint density at radius 2 is 2.31 bits per heavy atom. The minimum atomic E-state index is 0.674. The molecule has 0 N–H and O–H groups in total. The third kappa shape index (κ3) is 2.63. The Hall–Kier alpha value is -1.31. The SMILES string of the molecule is C=C(C)CC/C(=C\C)c1cnn(C2CC2)c1. The zero-order valence-electron chi connectivity index (χ0n) is 10.2. The zero-order valence-corrected chi connectivity index (χ0v) is 10.2. The van der Waals surface area contributed by atoms with Crippen LogP contribution in [0, 0.1) is 0 Å². The number of nitrogens with zero attached hydrogens (tertiary/aromatic N) is 2. The van der Waals surface area contributed by atoms with Gasteiger partial charge < -0.3 is 0 Å². The second-order valence-corrected chi connectivity index (χ2v) is 4.71. The van der Waals surface area contributed by atoms with Gasteiger partial charge in [-0.15, -0.1) is 6.58 Å². The zero-order chi connectivity index (χ0) is 11.5. The molecule has 1 heterocycles. The number of allylic oxidation sites excluding steroid dienone is 3. The van der Waals surface area contributed by atoms with Crippen LogP contribution in [0.1, 0.15) is 51.1 Å². The smallest absolute Gasteiger partial charge is 0.0565 e. The van der Waals surface area contributed by atoms with Crippen LogP contribution in [0.15, 0.2) is 30.6 Å². The molecule has 86 valence electrons. The maximum absolute atomic E-state index is 4.43. The van der Waals surface area contributed by atoms with E-state index in [0.717, 1.165) is 12.8 Å². The number of aromatic nitrogens is 2. The lowest BCUT2D eigenvalue weighted by molar-refractivity contribution is 0.641. The normalized spacial score (nSPS) is 16.5. The molecule has 0 atom stereocenters. The van der Waals surface area contributed by atoms with Crippen molar-refractivity contribution < 1.29 is 0 Å². The van der Waals surface area contributed by atoms with E-state index in [0.29, 0.717) is 6.04 Å². The predicted molar refractivity (Wildman–Crippen MR) is 68.2 cm³/mol. The highest BCUT2D eigenvalue weighted by atomic mass is 15.3. The van der Waals surface area contributed by atoms with Crippen molar-refractivity contribution in [2.45, 2.75) is 45.6 Å². The highest BCUT2D eigenvalue weighted by Gasteiger charge is 2.24. The molecule has 1 aliphatic carbocycles. The van der Waals surface area contributed by atoms with Gasteiger partial charge in [-0.3, -0.25) is 4.68 Å². The van der Waals surface area contributed by atoms with Gasteiger partial charge in [0.25, 0.3) is 0 Å². The van der Waals surface area contributed by atoms with E-state index < -0.39 is 0 Å². The van der Waals surface area contributed by atoms with Crippen LogP contribution < -0.4 is 0 Å². The highest BCUT2D eigenvalue weighted by molar-refractivity contribution is 5.64. The molecule has 16 heavy (non-hydrogen) atoms. The molecule has 2 heteroatoms. The van der Waals surface area contributed by atoms with Crippen molar-refractivity contribution in [1.29, 1.82) is 0 Å². The van der Waals surface area contributed by atoms with Crippen molar-refractivity contribution in [3.05, 3.63) is 36.2 Å². The molecular weight excluding hydrogens is 196 g/mol. The molecular formula is C14H20N2. The topological polar surface area (TPSA) is 17.8 Å². The fourth-order valence-electron chi connectivity index (χ4n) is 1.85. The van der Waals surface area contributed by atoms with E-state index in [-0.39, 0.29) is 0 Å². The van der Waals surface area contributed by atoms with E-state index in [9.17, 15) is 0 Å². The van der Waals surface area contributed by atoms with Crippen molar-refractivity contribution in [3.8, 4) is 0 Å². The molecule has 0 radical (unpaired) electrons. The number of rotatable bonds is 5. The maximum Gasteiger partial charge on any atom is 0.0565 e. The molecule has 0 aromatic carbocycles. The first-order valence-corrected chi connectivity index (χ1v) is 6.05. The van der Waals surface area contributed by atoms with Crippen molar-refractivity contribution in [3.63, 3.8) is 0 Å². The summed E-state index contributed by atoms with van der Waals surface area (Å²) in [5.74, 6) is 0. The van der Waals surface area contributed by atoms with E-state index in [1.807, 2.05) is 6.20 Å². The first-order valence-electron chi connectivity index (χ1n) is 6.05. The molecule has 0 amide bonds. The van der Waals surface area contributed by atoms with E-state index in [4.69, 9.17) is 0 Å². The molecule has 2 rings (SSSR count). The molecule has 1 aliphatic rings. The summed E-state index contributed by atoms with van der Waals surface area (Å²) < 4.78 is 2.11. The van der Waals surface area contributed by atoms with Gasteiger partial charge in [0.15, 0.2) is 0 Å². The Morgan fingerprint density at radius 1 is 1.56 bits per heavy atom. The third-order valence-corrected chi connectivity index (χ3v) is 3.06. The summed E-state index contributed by atoms with van der Waals surface area (Å²) in [5.41, 5.74) is 3.90. The predicted octanol–water partition coefficient (Wildman–Crippen LogP) is 3.98. The minimum absolute atomic E-state index is 0.674. The Morgan fingerprint density at radius 3 is 2.88 bits per heavy atom. The van der Waals surface area contributed by atoms with Gasteiger partial charge in [-0.1, -0.05) is 11.6 Å². The quantitative estimate of drug-likeness (QED) is 0.681. The lowest BCUT2D eigenvalue weighted by atomic mass is 10.0. The molecule has 1 saturated carbocycles. The molecule has 0 spiro atoms. The summed E-state index contributed by atoms with van der Waals surface area (Å²) in [7, 11) is 0. The van der Waals surface area contributed by atoms with Gasteiger partial charge in [0.1, 0.15) is 0 Å². The van der Waals surface area contributed by atoms with Gasteiger partial charge >= 0.3 is 0 Å². The van der Waals surface area contributed by atoms with E-state index in [1.165, 1.54) is 29.6 Å². The lowest BCUT2D eigenvalue weighted by Gasteiger charge is -2.04. The lowest BCUT2D eigenvalue weighted by Crippen LogP contribution is -1.92. The van der Waals surface area contributed by atoms with Gasteiger partial charge in [0, 0.05) is 11.8 Å². The van der Waals surface area contributed by atoms with Crippen molar-refractivity contribution >= 4 is 5.57 Å². The van der Waals surface area contributed by atoms with E-state index >= 15 is 0 Å². The summed E-state index contributed by atoms with van der Waals surface area (Å²) in [6.45, 7) is 8.13. The molecule has 2 nitrogen and oxygen atoms in total. The van der Waals surface area contributed by atoms with Gasteiger partial charge in [-0.2, -0.15) is 5.10 Å². The van der Waals surface area contributed by atoms with Crippen molar-refractivity contribution in [2.24, 2.45) is 0 Å². The Labute approximate surface area is 97.7 Å².